The van der Waals surface area contributed by atoms with Crippen LogP contribution in [-0.2, 0) is 9.59 Å². The van der Waals surface area contributed by atoms with E-state index in [0.29, 0.717) is 6.42 Å². The van der Waals surface area contributed by atoms with Crippen LogP contribution in [0.2, 0.25) is 0 Å². The van der Waals surface area contributed by atoms with Gasteiger partial charge in [-0.3, -0.25) is 14.5 Å². The summed E-state index contributed by atoms with van der Waals surface area (Å²) in [7, 11) is 0. The summed E-state index contributed by atoms with van der Waals surface area (Å²) in [6, 6.07) is -0.966. The maximum Gasteiger partial charge on any atom is 0.325 e. The number of aliphatic hydroxyl groups excluding tert-OH is 1. The molecular weight excluding hydrogens is 238 g/mol. The van der Waals surface area contributed by atoms with Crippen molar-refractivity contribution < 1.29 is 19.5 Å². The minimum Gasteiger partial charge on any atom is -0.394 e. The van der Waals surface area contributed by atoms with Crippen LogP contribution < -0.4 is 10.6 Å². The van der Waals surface area contributed by atoms with Crippen molar-refractivity contribution in [3.63, 3.8) is 0 Å². The van der Waals surface area contributed by atoms with Crippen molar-refractivity contribution in [2.45, 2.75) is 38.8 Å². The van der Waals surface area contributed by atoms with Crippen molar-refractivity contribution in [2.75, 3.05) is 13.2 Å². The number of imide groups is 1. The van der Waals surface area contributed by atoms with Gasteiger partial charge in [-0.15, -0.1) is 0 Å². The minimum atomic E-state index is -0.931. The van der Waals surface area contributed by atoms with E-state index in [-0.39, 0.29) is 13.2 Å². The van der Waals surface area contributed by atoms with E-state index in [9.17, 15) is 14.4 Å². The van der Waals surface area contributed by atoms with E-state index >= 15 is 0 Å². The lowest BCUT2D eigenvalue weighted by atomic mass is 9.99. The van der Waals surface area contributed by atoms with E-state index in [0.717, 1.165) is 4.90 Å². The highest BCUT2D eigenvalue weighted by molar-refractivity contribution is 6.08. The zero-order valence-corrected chi connectivity index (χ0v) is 10.8. The number of carbonyl (C=O) groups excluding carboxylic acids is 3. The second kappa shape index (κ2) is 5.34. The topological polar surface area (TPSA) is 98.7 Å². The molecule has 1 saturated heterocycles. The third-order valence-corrected chi connectivity index (χ3v) is 3.04. The van der Waals surface area contributed by atoms with Gasteiger partial charge in [-0.05, 0) is 20.3 Å². The molecule has 1 aliphatic heterocycles. The molecule has 102 valence electrons. The molecule has 1 heterocycles. The summed E-state index contributed by atoms with van der Waals surface area (Å²) < 4.78 is 0. The lowest BCUT2D eigenvalue weighted by Crippen LogP contribution is -2.46. The molecule has 1 unspecified atom stereocenters. The van der Waals surface area contributed by atoms with Gasteiger partial charge in [0.05, 0.1) is 6.61 Å². The lowest BCUT2D eigenvalue weighted by molar-refractivity contribution is -0.134. The van der Waals surface area contributed by atoms with E-state index in [1.807, 2.05) is 0 Å². The summed E-state index contributed by atoms with van der Waals surface area (Å²) in [5.41, 5.74) is -0.931. The molecule has 7 nitrogen and oxygen atoms in total. The Balaban J connectivity index is 2.66. The normalized spacial score (nSPS) is 25.0. The van der Waals surface area contributed by atoms with Crippen LogP contribution in [0.3, 0.4) is 0 Å². The molecule has 0 aliphatic carbocycles. The van der Waals surface area contributed by atoms with E-state index < -0.39 is 29.4 Å². The predicted molar refractivity (Wildman–Crippen MR) is 63.6 cm³/mol. The van der Waals surface area contributed by atoms with Gasteiger partial charge in [0.25, 0.3) is 5.91 Å². The number of nitrogens with one attached hydrogen (secondary N) is 2. The van der Waals surface area contributed by atoms with Crippen molar-refractivity contribution >= 4 is 17.8 Å². The molecule has 0 saturated carbocycles. The van der Waals surface area contributed by atoms with Gasteiger partial charge in [-0.1, -0.05) is 6.92 Å². The quantitative estimate of drug-likeness (QED) is 0.562. The predicted octanol–water partition coefficient (Wildman–Crippen LogP) is -0.796. The fraction of sp³-hybridized carbons (Fsp3) is 0.727. The number of urea groups is 1. The third kappa shape index (κ3) is 2.79. The van der Waals surface area contributed by atoms with Gasteiger partial charge in [-0.25, -0.2) is 4.79 Å². The molecule has 3 N–H and O–H groups in total. The largest absolute Gasteiger partial charge is 0.394 e. The molecule has 1 rings (SSSR count). The van der Waals surface area contributed by atoms with Gasteiger partial charge >= 0.3 is 6.03 Å². The average Bonchev–Trinajstić information content (AvgIpc) is 2.53. The molecule has 18 heavy (non-hydrogen) atoms. The molecule has 1 aliphatic rings. The molecule has 0 bridgehead atoms. The Morgan fingerprint density at radius 2 is 2.17 bits per heavy atom. The zero-order valence-electron chi connectivity index (χ0n) is 10.8. The van der Waals surface area contributed by atoms with E-state index in [4.69, 9.17) is 5.11 Å². The highest BCUT2D eigenvalue weighted by atomic mass is 16.3. The molecule has 0 radical (unpaired) electrons. The van der Waals surface area contributed by atoms with Crippen LogP contribution in [0.4, 0.5) is 4.79 Å². The van der Waals surface area contributed by atoms with Gasteiger partial charge in [0.2, 0.25) is 5.91 Å². The van der Waals surface area contributed by atoms with Crippen LogP contribution in [0.15, 0.2) is 0 Å². The second-order valence-corrected chi connectivity index (χ2v) is 4.66. The van der Waals surface area contributed by atoms with Crippen molar-refractivity contribution in [1.29, 1.82) is 0 Å². The second-order valence-electron chi connectivity index (χ2n) is 4.66. The minimum absolute atomic E-state index is 0.196. The van der Waals surface area contributed by atoms with E-state index in [1.54, 1.807) is 20.8 Å². The molecule has 2 atom stereocenters. The first-order valence-electron chi connectivity index (χ1n) is 5.88. The van der Waals surface area contributed by atoms with Crippen molar-refractivity contribution in [3.8, 4) is 0 Å². The first kappa shape index (κ1) is 14.4. The van der Waals surface area contributed by atoms with Gasteiger partial charge in [0.15, 0.2) is 0 Å². The molecule has 0 aromatic carbocycles. The van der Waals surface area contributed by atoms with Crippen molar-refractivity contribution in [3.05, 3.63) is 0 Å². The Bertz CT molecular complexity index is 371. The standard InChI is InChI=1S/C11H19N3O4/c1-4-11(3)9(17)14(10(18)13-11)5-8(16)12-7(2)6-15/h7,15H,4-6H2,1-3H3,(H,12,16)(H,13,18)/t7-,11?/m1/s1. The molecule has 0 aromatic rings. The summed E-state index contributed by atoms with van der Waals surface area (Å²) in [6.45, 7) is 4.51. The van der Waals surface area contributed by atoms with Crippen LogP contribution in [-0.4, -0.2) is 52.6 Å². The third-order valence-electron chi connectivity index (χ3n) is 3.04. The van der Waals surface area contributed by atoms with Gasteiger partial charge in [0.1, 0.15) is 12.1 Å². The molecule has 1 fully saturated rings. The molecule has 7 heteroatoms. The maximum atomic E-state index is 12.0. The van der Waals surface area contributed by atoms with Crippen LogP contribution in [0.1, 0.15) is 27.2 Å². The monoisotopic (exact) mass is 257 g/mol. The summed E-state index contributed by atoms with van der Waals surface area (Å²) >= 11 is 0. The number of amides is 4. The first-order chi connectivity index (χ1) is 8.34. The average molecular weight is 257 g/mol. The van der Waals surface area contributed by atoms with Crippen molar-refractivity contribution in [2.24, 2.45) is 0 Å². The van der Waals surface area contributed by atoms with E-state index in [1.165, 1.54) is 0 Å². The number of hydrogen-bond acceptors (Lipinski definition) is 4. The molecule has 4 amide bonds. The van der Waals surface area contributed by atoms with Crippen molar-refractivity contribution in [1.82, 2.24) is 15.5 Å². The Labute approximate surface area is 106 Å². The highest BCUT2D eigenvalue weighted by Gasteiger charge is 2.46. The van der Waals surface area contributed by atoms with Crippen LogP contribution >= 0.6 is 0 Å². The Hall–Kier alpha value is -1.63. The van der Waals surface area contributed by atoms with Crippen LogP contribution in [0, 0.1) is 0 Å². The Kier molecular flexibility index (Phi) is 4.28. The molecule has 0 aromatic heterocycles. The van der Waals surface area contributed by atoms with E-state index in [2.05, 4.69) is 10.6 Å². The highest BCUT2D eigenvalue weighted by Crippen LogP contribution is 2.20. The van der Waals surface area contributed by atoms with Gasteiger partial charge in [0, 0.05) is 6.04 Å². The molecular formula is C11H19N3O4. The van der Waals surface area contributed by atoms with Crippen LogP contribution in [0.5, 0.6) is 0 Å². The van der Waals surface area contributed by atoms with Crippen LogP contribution in [0.25, 0.3) is 0 Å². The summed E-state index contributed by atoms with van der Waals surface area (Å²) in [6.07, 6.45) is 0.461. The number of nitrogens with zero attached hydrogens (tertiary/aromatic N) is 1. The zero-order chi connectivity index (χ0) is 13.9. The Morgan fingerprint density at radius 1 is 1.56 bits per heavy atom. The smallest absolute Gasteiger partial charge is 0.325 e. The fourth-order valence-corrected chi connectivity index (χ4v) is 1.64. The lowest BCUT2D eigenvalue weighted by Gasteiger charge is -2.19. The van der Waals surface area contributed by atoms with Gasteiger partial charge < -0.3 is 15.7 Å². The van der Waals surface area contributed by atoms with Gasteiger partial charge in [-0.2, -0.15) is 0 Å². The summed E-state index contributed by atoms with van der Waals surface area (Å²) in [5.74, 6) is -0.873. The number of rotatable bonds is 5. The first-order valence-corrected chi connectivity index (χ1v) is 5.88. The fourth-order valence-electron chi connectivity index (χ4n) is 1.64. The number of aliphatic hydroxyl groups is 1. The Morgan fingerprint density at radius 3 is 2.61 bits per heavy atom. The number of hydrogen-bond donors (Lipinski definition) is 3. The molecule has 0 spiro atoms. The summed E-state index contributed by atoms with van der Waals surface area (Å²) in [4.78, 5) is 36.0. The maximum absolute atomic E-state index is 12.0. The summed E-state index contributed by atoms with van der Waals surface area (Å²) in [5, 5.41) is 13.8. The SMILES string of the molecule is CCC1(C)NC(=O)N(CC(=O)N[C@H](C)CO)C1=O. The number of carbonyl (C=O) groups is 3.